The molecule has 0 aromatic rings. The van der Waals surface area contributed by atoms with Crippen molar-refractivity contribution in [3.05, 3.63) is 0 Å². The first-order chi connectivity index (χ1) is 11.3. The Balaban J connectivity index is 0.000000240. The minimum atomic E-state index is -2.43. The van der Waals surface area contributed by atoms with Crippen molar-refractivity contribution in [1.29, 1.82) is 0 Å². The maximum Gasteiger partial charge on any atom is 0.248 e. The summed E-state index contributed by atoms with van der Waals surface area (Å²) < 4.78 is 50.6. The highest BCUT2D eigenvalue weighted by Gasteiger charge is 2.35. The van der Waals surface area contributed by atoms with Crippen molar-refractivity contribution >= 4 is 6.29 Å². The summed E-state index contributed by atoms with van der Waals surface area (Å²) in [5.41, 5.74) is 0. The van der Waals surface area contributed by atoms with Gasteiger partial charge in [-0.2, -0.15) is 0 Å². The van der Waals surface area contributed by atoms with E-state index in [9.17, 15) is 22.4 Å². The lowest BCUT2D eigenvalue weighted by Gasteiger charge is -2.27. The van der Waals surface area contributed by atoms with Gasteiger partial charge in [-0.3, -0.25) is 0 Å². The molecule has 0 atom stereocenters. The Labute approximate surface area is 142 Å². The van der Waals surface area contributed by atoms with Crippen molar-refractivity contribution in [3.63, 3.8) is 0 Å². The van der Waals surface area contributed by atoms with Gasteiger partial charge in [-0.1, -0.05) is 0 Å². The molecular weight excluding hydrogens is 324 g/mol. The van der Waals surface area contributed by atoms with Crippen molar-refractivity contribution in [2.75, 3.05) is 6.61 Å². The molecule has 2 fully saturated rings. The van der Waals surface area contributed by atoms with Gasteiger partial charge in [0.15, 0.2) is 0 Å². The predicted octanol–water partition coefficient (Wildman–Crippen LogP) is 5.38. The standard InChI is InChI=1S/C9H16F2O.C9H14F2O/c2*10-9(11)5-3-8(4-6-9)2-1-7-12/h8,12H,1-7H2;7-8H,1-6H2. The van der Waals surface area contributed by atoms with Gasteiger partial charge in [0.25, 0.3) is 0 Å². The molecule has 2 nitrogen and oxygen atoms in total. The van der Waals surface area contributed by atoms with Crippen LogP contribution in [0.1, 0.15) is 77.0 Å². The number of carbonyl (C=O) groups excluding carboxylic acids is 1. The van der Waals surface area contributed by atoms with Crippen LogP contribution in [0.4, 0.5) is 17.6 Å². The number of hydrogen-bond donors (Lipinski definition) is 1. The fourth-order valence-corrected chi connectivity index (χ4v) is 3.46. The van der Waals surface area contributed by atoms with Crippen LogP contribution in [0.25, 0.3) is 0 Å². The molecule has 0 heterocycles. The fourth-order valence-electron chi connectivity index (χ4n) is 3.46. The van der Waals surface area contributed by atoms with Crippen LogP contribution in [-0.2, 0) is 4.79 Å². The van der Waals surface area contributed by atoms with Crippen LogP contribution in [0.15, 0.2) is 0 Å². The van der Waals surface area contributed by atoms with Crippen LogP contribution in [0.5, 0.6) is 0 Å². The molecule has 2 aliphatic rings. The summed E-state index contributed by atoms with van der Waals surface area (Å²) in [5, 5.41) is 8.55. The Kier molecular flexibility index (Phi) is 9.24. The first-order valence-electron chi connectivity index (χ1n) is 9.08. The minimum Gasteiger partial charge on any atom is -0.396 e. The molecule has 0 saturated heterocycles. The molecule has 0 bridgehead atoms. The molecule has 142 valence electrons. The van der Waals surface area contributed by atoms with Gasteiger partial charge < -0.3 is 9.90 Å². The molecule has 0 aromatic heterocycles. The number of aldehydes is 1. The molecule has 24 heavy (non-hydrogen) atoms. The molecule has 6 heteroatoms. The monoisotopic (exact) mass is 354 g/mol. The topological polar surface area (TPSA) is 37.3 Å². The summed E-state index contributed by atoms with van der Waals surface area (Å²) in [6.07, 6.45) is 6.40. The Morgan fingerprint density at radius 2 is 1.25 bits per heavy atom. The van der Waals surface area contributed by atoms with E-state index in [0.29, 0.717) is 43.9 Å². The summed E-state index contributed by atoms with van der Waals surface area (Å²) in [6, 6.07) is 0. The zero-order valence-electron chi connectivity index (χ0n) is 14.3. The van der Waals surface area contributed by atoms with E-state index in [1.165, 1.54) is 0 Å². The van der Waals surface area contributed by atoms with E-state index in [1.807, 2.05) is 0 Å². The third-order valence-electron chi connectivity index (χ3n) is 5.14. The van der Waals surface area contributed by atoms with Crippen LogP contribution >= 0.6 is 0 Å². The molecule has 1 N–H and O–H groups in total. The number of rotatable bonds is 6. The minimum absolute atomic E-state index is 0.0104. The van der Waals surface area contributed by atoms with Gasteiger partial charge >= 0.3 is 0 Å². The smallest absolute Gasteiger partial charge is 0.248 e. The third kappa shape index (κ3) is 9.00. The summed E-state index contributed by atoms with van der Waals surface area (Å²) >= 11 is 0. The second-order valence-electron chi connectivity index (χ2n) is 7.21. The van der Waals surface area contributed by atoms with E-state index in [-0.39, 0.29) is 32.3 Å². The van der Waals surface area contributed by atoms with Gasteiger partial charge in [-0.05, 0) is 56.8 Å². The van der Waals surface area contributed by atoms with Gasteiger partial charge in [0.2, 0.25) is 11.8 Å². The van der Waals surface area contributed by atoms with Crippen LogP contribution < -0.4 is 0 Å². The van der Waals surface area contributed by atoms with Crippen LogP contribution in [0, 0.1) is 11.8 Å². The van der Waals surface area contributed by atoms with Gasteiger partial charge in [0.1, 0.15) is 6.29 Å². The van der Waals surface area contributed by atoms with Crippen molar-refractivity contribution in [2.45, 2.75) is 88.9 Å². The number of hydrogen-bond acceptors (Lipinski definition) is 2. The summed E-state index contributed by atoms with van der Waals surface area (Å²) in [6.45, 7) is 0.187. The molecule has 2 aliphatic carbocycles. The van der Waals surface area contributed by atoms with Gasteiger partial charge in [0.05, 0.1) is 0 Å². The normalized spacial score (nSPS) is 24.0. The van der Waals surface area contributed by atoms with Crippen molar-refractivity contribution in [1.82, 2.24) is 0 Å². The number of aliphatic hydroxyl groups excluding tert-OH is 1. The molecule has 0 aromatic carbocycles. The predicted molar refractivity (Wildman–Crippen MR) is 85.4 cm³/mol. The number of alkyl halides is 4. The summed E-state index contributed by atoms with van der Waals surface area (Å²) in [4.78, 5) is 10.0. The Morgan fingerprint density at radius 3 is 1.62 bits per heavy atom. The lowest BCUT2D eigenvalue weighted by atomic mass is 9.84. The van der Waals surface area contributed by atoms with E-state index in [4.69, 9.17) is 5.11 Å². The highest BCUT2D eigenvalue weighted by atomic mass is 19.3. The highest BCUT2D eigenvalue weighted by molar-refractivity contribution is 5.49. The molecule has 2 saturated carbocycles. The lowest BCUT2D eigenvalue weighted by Crippen LogP contribution is -2.24. The van der Waals surface area contributed by atoms with E-state index in [1.54, 1.807) is 0 Å². The largest absolute Gasteiger partial charge is 0.396 e. The Hall–Kier alpha value is -0.650. The SMILES string of the molecule is O=CCCC1CCC(F)(F)CC1.OCCCC1CCC(F)(F)CC1. The van der Waals surface area contributed by atoms with Gasteiger partial charge in [0, 0.05) is 38.7 Å². The summed E-state index contributed by atoms with van der Waals surface area (Å²) in [7, 11) is 0. The summed E-state index contributed by atoms with van der Waals surface area (Å²) in [5.74, 6) is -4.06. The zero-order valence-corrected chi connectivity index (χ0v) is 14.3. The Bertz CT molecular complexity index is 341. The van der Waals surface area contributed by atoms with E-state index in [2.05, 4.69) is 0 Å². The second-order valence-corrected chi connectivity index (χ2v) is 7.21. The number of carbonyl (C=O) groups is 1. The quantitative estimate of drug-likeness (QED) is 0.514. The molecule has 0 unspecified atom stereocenters. The van der Waals surface area contributed by atoms with Crippen molar-refractivity contribution in [3.8, 4) is 0 Å². The number of halogens is 4. The average molecular weight is 354 g/mol. The van der Waals surface area contributed by atoms with Crippen molar-refractivity contribution in [2.24, 2.45) is 11.8 Å². The maximum absolute atomic E-state index is 12.7. The van der Waals surface area contributed by atoms with Gasteiger partial charge in [-0.15, -0.1) is 0 Å². The zero-order chi connectivity index (χ0) is 18.1. The maximum atomic E-state index is 12.7. The van der Waals surface area contributed by atoms with Crippen molar-refractivity contribution < 1.29 is 27.5 Å². The first-order valence-corrected chi connectivity index (χ1v) is 9.08. The lowest BCUT2D eigenvalue weighted by molar-refractivity contribution is -0.108. The third-order valence-corrected chi connectivity index (χ3v) is 5.14. The molecule has 0 spiro atoms. The molecule has 0 aliphatic heterocycles. The second kappa shape index (κ2) is 10.4. The number of aliphatic hydroxyl groups is 1. The molecule has 0 radical (unpaired) electrons. The Morgan fingerprint density at radius 1 is 0.833 bits per heavy atom. The van der Waals surface area contributed by atoms with Crippen LogP contribution in [0.3, 0.4) is 0 Å². The molecule has 2 rings (SSSR count). The first kappa shape index (κ1) is 21.4. The highest BCUT2D eigenvalue weighted by Crippen LogP contribution is 2.38. The van der Waals surface area contributed by atoms with Gasteiger partial charge in [-0.25, -0.2) is 17.6 Å². The molecular formula is C18H30F4O2. The fraction of sp³-hybridized carbons (Fsp3) is 0.944. The van der Waals surface area contributed by atoms with Crippen LogP contribution in [0.2, 0.25) is 0 Å². The van der Waals surface area contributed by atoms with E-state index < -0.39 is 11.8 Å². The van der Waals surface area contributed by atoms with E-state index in [0.717, 1.165) is 25.5 Å². The average Bonchev–Trinajstić information content (AvgIpc) is 2.53. The van der Waals surface area contributed by atoms with Crippen LogP contribution in [-0.4, -0.2) is 29.8 Å². The van der Waals surface area contributed by atoms with E-state index >= 15 is 0 Å². The molecule has 0 amide bonds.